The van der Waals surface area contributed by atoms with Crippen molar-refractivity contribution >= 4 is 33.3 Å². The molecule has 0 aliphatic heterocycles. The molecule has 2 aliphatic rings. The van der Waals surface area contributed by atoms with Gasteiger partial charge in [0.1, 0.15) is 16.3 Å². The Hall–Kier alpha value is -2.36. The zero-order chi connectivity index (χ0) is 25.3. The Morgan fingerprint density at radius 1 is 1.08 bits per heavy atom. The van der Waals surface area contributed by atoms with Gasteiger partial charge in [-0.1, -0.05) is 0 Å². The number of hydrogen-bond donors (Lipinski definition) is 4. The number of nitrogens with zero attached hydrogens (tertiary/aromatic N) is 4. The van der Waals surface area contributed by atoms with E-state index in [2.05, 4.69) is 21.7 Å². The molecule has 8 nitrogen and oxygen atoms in total. The molecule has 9 heteroatoms. The van der Waals surface area contributed by atoms with Crippen LogP contribution in [0.2, 0.25) is 0 Å². The molecule has 0 bridgehead atoms. The molecule has 0 aromatic carbocycles. The number of thiazole rings is 1. The Kier molecular flexibility index (Phi) is 7.42. The van der Waals surface area contributed by atoms with Crippen molar-refractivity contribution in [3.8, 4) is 10.6 Å². The van der Waals surface area contributed by atoms with Crippen molar-refractivity contribution in [3.63, 3.8) is 0 Å². The number of hydrogen-bond acceptors (Lipinski definition) is 9. The van der Waals surface area contributed by atoms with E-state index in [4.69, 9.17) is 20.1 Å². The van der Waals surface area contributed by atoms with Crippen molar-refractivity contribution in [2.24, 2.45) is 5.92 Å². The first-order valence-electron chi connectivity index (χ1n) is 13.3. The van der Waals surface area contributed by atoms with Crippen LogP contribution >= 0.6 is 11.3 Å². The van der Waals surface area contributed by atoms with Gasteiger partial charge in [0.25, 0.3) is 0 Å². The van der Waals surface area contributed by atoms with Crippen LogP contribution < -0.4 is 10.6 Å². The fourth-order valence-electron chi connectivity index (χ4n) is 5.21. The highest BCUT2D eigenvalue weighted by atomic mass is 32.1. The van der Waals surface area contributed by atoms with Gasteiger partial charge < -0.3 is 20.8 Å². The van der Waals surface area contributed by atoms with Gasteiger partial charge in [0.05, 0.1) is 27.3 Å². The fraction of sp³-hybridized carbons (Fsp3) is 0.630. The maximum absolute atomic E-state index is 10.5. The van der Waals surface area contributed by atoms with Crippen LogP contribution in [0.4, 0.5) is 11.8 Å². The fourth-order valence-corrected chi connectivity index (χ4v) is 6.28. The maximum atomic E-state index is 10.5. The Balaban J connectivity index is 1.46. The number of aliphatic hydroxyl groups is 2. The molecule has 3 aromatic rings. The molecule has 0 saturated heterocycles. The summed E-state index contributed by atoms with van der Waals surface area (Å²) in [7, 11) is 0. The lowest BCUT2D eigenvalue weighted by atomic mass is 9.89. The number of aromatic nitrogens is 4. The molecule has 4 N–H and O–H groups in total. The van der Waals surface area contributed by atoms with E-state index in [0.29, 0.717) is 11.9 Å². The van der Waals surface area contributed by atoms with Crippen molar-refractivity contribution in [1.29, 1.82) is 0 Å². The van der Waals surface area contributed by atoms with Crippen LogP contribution in [-0.2, 0) is 0 Å². The van der Waals surface area contributed by atoms with E-state index in [1.807, 2.05) is 27.0 Å². The summed E-state index contributed by atoms with van der Waals surface area (Å²) in [5, 5.41) is 27.6. The molecule has 3 heterocycles. The number of pyridine rings is 1. The highest BCUT2D eigenvalue weighted by Crippen LogP contribution is 2.44. The number of fused-ring (bicyclic) bond motifs is 1. The average Bonchev–Trinajstić information content (AvgIpc) is 3.39. The molecule has 2 saturated carbocycles. The van der Waals surface area contributed by atoms with E-state index < -0.39 is 5.60 Å². The van der Waals surface area contributed by atoms with Gasteiger partial charge in [-0.05, 0) is 84.1 Å². The van der Waals surface area contributed by atoms with Crippen LogP contribution in [0.25, 0.3) is 20.8 Å². The molecule has 2 fully saturated rings. The van der Waals surface area contributed by atoms with E-state index in [0.717, 1.165) is 83.1 Å². The third-order valence-corrected chi connectivity index (χ3v) is 8.53. The van der Waals surface area contributed by atoms with Crippen LogP contribution in [0.3, 0.4) is 0 Å². The highest BCUT2D eigenvalue weighted by molar-refractivity contribution is 7.21. The molecule has 36 heavy (non-hydrogen) atoms. The minimum atomic E-state index is -0.679. The summed E-state index contributed by atoms with van der Waals surface area (Å²) in [6.07, 6.45) is 9.92. The van der Waals surface area contributed by atoms with Gasteiger partial charge in [0.15, 0.2) is 0 Å². The van der Waals surface area contributed by atoms with E-state index >= 15 is 0 Å². The van der Waals surface area contributed by atoms with Crippen LogP contribution in [0.1, 0.15) is 82.5 Å². The Bertz CT molecular complexity index is 1200. The highest BCUT2D eigenvalue weighted by Gasteiger charge is 2.35. The summed E-state index contributed by atoms with van der Waals surface area (Å²) in [5.41, 5.74) is 3.30. The van der Waals surface area contributed by atoms with Crippen LogP contribution in [0.15, 0.2) is 12.3 Å². The van der Waals surface area contributed by atoms with Crippen molar-refractivity contribution in [1.82, 2.24) is 19.9 Å². The van der Waals surface area contributed by atoms with Gasteiger partial charge in [-0.3, -0.25) is 4.98 Å². The zero-order valence-electron chi connectivity index (χ0n) is 21.5. The summed E-state index contributed by atoms with van der Waals surface area (Å²) in [6.45, 7) is 6.84. The SMILES string of the molecule is Cc1nc(NCCCCCO)nc(NC2CCC(C(C)(C)O)C2)c1-c1nc2c(C3CC3)nccc2s1. The molecular formula is C27H38N6O2S. The van der Waals surface area contributed by atoms with Gasteiger partial charge in [-0.25, -0.2) is 9.97 Å². The lowest BCUT2D eigenvalue weighted by Crippen LogP contribution is -2.30. The van der Waals surface area contributed by atoms with Crippen molar-refractivity contribution in [3.05, 3.63) is 23.7 Å². The Labute approximate surface area is 217 Å². The first kappa shape index (κ1) is 25.3. The third kappa shape index (κ3) is 5.63. The minimum absolute atomic E-state index is 0.228. The summed E-state index contributed by atoms with van der Waals surface area (Å²) >= 11 is 1.68. The third-order valence-electron chi connectivity index (χ3n) is 7.49. The molecule has 3 aromatic heterocycles. The van der Waals surface area contributed by atoms with Gasteiger partial charge in [-0.2, -0.15) is 4.98 Å². The summed E-state index contributed by atoms with van der Waals surface area (Å²) < 4.78 is 1.15. The predicted octanol–water partition coefficient (Wildman–Crippen LogP) is 5.26. The van der Waals surface area contributed by atoms with Crippen LogP contribution in [0.5, 0.6) is 0 Å². The lowest BCUT2D eigenvalue weighted by Gasteiger charge is -2.25. The molecule has 2 aliphatic carbocycles. The summed E-state index contributed by atoms with van der Waals surface area (Å²) in [6, 6.07) is 2.30. The Morgan fingerprint density at radius 2 is 1.92 bits per heavy atom. The molecule has 0 spiro atoms. The quantitative estimate of drug-likeness (QED) is 0.258. The number of anilines is 2. The van der Waals surface area contributed by atoms with E-state index in [-0.39, 0.29) is 18.6 Å². The molecule has 194 valence electrons. The van der Waals surface area contributed by atoms with E-state index in [1.54, 1.807) is 11.3 Å². The number of rotatable bonds is 11. The zero-order valence-corrected chi connectivity index (χ0v) is 22.4. The van der Waals surface area contributed by atoms with Crippen molar-refractivity contribution in [2.45, 2.75) is 89.7 Å². The lowest BCUT2D eigenvalue weighted by molar-refractivity contribution is 0.0197. The standard InChI is InChI=1S/C27H38N6O2S/c1-16-21(25-32-23-20(36-25)11-13-28-22(23)17-7-8-17)24(31-19-10-9-18(15-19)27(2,3)35)33-26(30-16)29-12-5-4-6-14-34/h11,13,17-19,34-35H,4-10,12,14-15H2,1-3H3,(H2,29,30,31,33). The van der Waals surface area contributed by atoms with Crippen LogP contribution in [-0.4, -0.2) is 54.9 Å². The summed E-state index contributed by atoms with van der Waals surface area (Å²) in [5.74, 6) is 2.22. The molecule has 0 amide bonds. The minimum Gasteiger partial charge on any atom is -0.396 e. The second-order valence-corrected chi connectivity index (χ2v) is 11.9. The van der Waals surface area contributed by atoms with Gasteiger partial charge in [-0.15, -0.1) is 11.3 Å². The number of aliphatic hydroxyl groups excluding tert-OH is 1. The van der Waals surface area contributed by atoms with E-state index in [1.165, 1.54) is 12.8 Å². The molecular weight excluding hydrogens is 472 g/mol. The average molecular weight is 511 g/mol. The smallest absolute Gasteiger partial charge is 0.224 e. The molecule has 2 unspecified atom stereocenters. The number of unbranched alkanes of at least 4 members (excludes halogenated alkanes) is 2. The monoisotopic (exact) mass is 510 g/mol. The topological polar surface area (TPSA) is 116 Å². The summed E-state index contributed by atoms with van der Waals surface area (Å²) in [4.78, 5) is 19.4. The second-order valence-electron chi connectivity index (χ2n) is 10.9. The normalized spacial score (nSPS) is 20.2. The molecule has 2 atom stereocenters. The largest absolute Gasteiger partial charge is 0.396 e. The van der Waals surface area contributed by atoms with Gasteiger partial charge >= 0.3 is 0 Å². The van der Waals surface area contributed by atoms with Crippen LogP contribution in [0, 0.1) is 12.8 Å². The maximum Gasteiger partial charge on any atom is 0.224 e. The molecule has 5 rings (SSSR count). The first-order chi connectivity index (χ1) is 17.3. The van der Waals surface area contributed by atoms with Crippen molar-refractivity contribution in [2.75, 3.05) is 23.8 Å². The van der Waals surface area contributed by atoms with Crippen molar-refractivity contribution < 1.29 is 10.2 Å². The molecule has 0 radical (unpaired) electrons. The van der Waals surface area contributed by atoms with Gasteiger partial charge in [0.2, 0.25) is 5.95 Å². The number of nitrogens with one attached hydrogen (secondary N) is 2. The van der Waals surface area contributed by atoms with E-state index in [9.17, 15) is 5.11 Å². The first-order valence-corrected chi connectivity index (χ1v) is 14.1. The van der Waals surface area contributed by atoms with Gasteiger partial charge in [0, 0.05) is 31.3 Å². The number of aryl methyl sites for hydroxylation is 1. The Morgan fingerprint density at radius 3 is 2.64 bits per heavy atom. The predicted molar refractivity (Wildman–Crippen MR) is 146 cm³/mol. The second kappa shape index (κ2) is 10.6.